The van der Waals surface area contributed by atoms with E-state index in [1.807, 2.05) is 0 Å². The van der Waals surface area contributed by atoms with Crippen LogP contribution in [0.3, 0.4) is 0 Å². The molecule has 0 spiro atoms. The highest BCUT2D eigenvalue weighted by atomic mass is 35.5. The number of rotatable bonds is 8. The monoisotopic (exact) mass is 505 g/mol. The molecule has 2 N–H and O–H groups in total. The summed E-state index contributed by atoms with van der Waals surface area (Å²) in [7, 11) is 0. The van der Waals surface area contributed by atoms with Gasteiger partial charge in [0.25, 0.3) is 5.91 Å². The largest absolute Gasteiger partial charge is 0.484 e. The van der Waals surface area contributed by atoms with Gasteiger partial charge in [0.2, 0.25) is 5.91 Å². The molecule has 0 radical (unpaired) electrons. The number of ether oxygens (including phenoxy) is 2. The molecule has 3 aliphatic carbocycles. The van der Waals surface area contributed by atoms with Gasteiger partial charge in [0, 0.05) is 23.4 Å². The molecule has 3 saturated carbocycles. The van der Waals surface area contributed by atoms with Crippen LogP contribution in [0.2, 0.25) is 5.02 Å². The van der Waals surface area contributed by atoms with Gasteiger partial charge in [0.05, 0.1) is 23.6 Å². The smallest absolute Gasteiger partial charge is 0.393 e. The average molecular weight is 506 g/mol. The van der Waals surface area contributed by atoms with Crippen molar-refractivity contribution in [3.05, 3.63) is 29.0 Å². The summed E-state index contributed by atoms with van der Waals surface area (Å²) < 4.78 is 62.7. The Morgan fingerprint density at radius 2 is 1.76 bits per heavy atom. The van der Waals surface area contributed by atoms with E-state index in [0.29, 0.717) is 25.7 Å². The van der Waals surface area contributed by atoms with E-state index in [2.05, 4.69) is 15.6 Å². The molecule has 1 aromatic rings. The predicted octanol–water partition coefficient (Wildman–Crippen LogP) is 3.19. The molecule has 2 atom stereocenters. The van der Waals surface area contributed by atoms with Gasteiger partial charge in [-0.15, -0.1) is 0 Å². The summed E-state index contributed by atoms with van der Waals surface area (Å²) in [4.78, 5) is 28.3. The van der Waals surface area contributed by atoms with Crippen molar-refractivity contribution in [1.82, 2.24) is 10.6 Å². The Morgan fingerprint density at radius 3 is 2.38 bits per heavy atom. The fourth-order valence-electron chi connectivity index (χ4n) is 5.01. The van der Waals surface area contributed by atoms with Crippen molar-refractivity contribution in [1.29, 1.82) is 0 Å². The lowest BCUT2D eigenvalue weighted by Crippen LogP contribution is -2.65. The number of aliphatic imine (C=N–C) groups is 1. The van der Waals surface area contributed by atoms with Gasteiger partial charge in [-0.3, -0.25) is 14.6 Å². The van der Waals surface area contributed by atoms with Crippen molar-refractivity contribution >= 4 is 29.6 Å². The van der Waals surface area contributed by atoms with E-state index in [1.165, 1.54) is 18.3 Å². The van der Waals surface area contributed by atoms with Crippen molar-refractivity contribution in [2.45, 2.75) is 55.5 Å². The van der Waals surface area contributed by atoms with Gasteiger partial charge in [-0.25, -0.2) is 4.39 Å². The highest BCUT2D eigenvalue weighted by Gasteiger charge is 2.62. The Labute approximate surface area is 198 Å². The first-order chi connectivity index (χ1) is 16.0. The quantitative estimate of drug-likeness (QED) is 0.531. The first-order valence-corrected chi connectivity index (χ1v) is 11.2. The maximum atomic E-state index is 13.5. The van der Waals surface area contributed by atoms with Gasteiger partial charge < -0.3 is 20.1 Å². The molecule has 1 aliphatic heterocycles. The predicted molar refractivity (Wildman–Crippen MR) is 114 cm³/mol. The van der Waals surface area contributed by atoms with Crippen LogP contribution in [0.25, 0.3) is 0 Å². The first kappa shape index (κ1) is 24.7. The maximum absolute atomic E-state index is 13.5. The lowest BCUT2D eigenvalue weighted by molar-refractivity contribution is -0.179. The standard InChI is InChI=1S/C22H24ClF4N3O4/c23-16-2-1-14(6-17(16)24)33-9-18(31)29-20-3-4-21(11-20,12-20)30-19(32)10-34-15-5-13(7-28-8-15)22(25,26)27/h1-2,6,8,13,15H,3-5,7,9-12H2,(H,29,31)(H,30,32). The van der Waals surface area contributed by atoms with Gasteiger partial charge in [-0.2, -0.15) is 13.2 Å². The van der Waals surface area contributed by atoms with Gasteiger partial charge in [0.1, 0.15) is 18.2 Å². The summed E-state index contributed by atoms with van der Waals surface area (Å²) in [5.41, 5.74) is -0.918. The third-order valence-electron chi connectivity index (χ3n) is 6.51. The van der Waals surface area contributed by atoms with Crippen LogP contribution >= 0.6 is 11.6 Å². The Morgan fingerprint density at radius 1 is 1.12 bits per heavy atom. The van der Waals surface area contributed by atoms with Gasteiger partial charge >= 0.3 is 6.18 Å². The SMILES string of the molecule is O=C(COc1ccc(Cl)c(F)c1)NC12CCC(NC(=O)COC3C=NCC(C(F)(F)F)C3)(C1)C2. The summed E-state index contributed by atoms with van der Waals surface area (Å²) in [6.07, 6.45) is -1.76. The lowest BCUT2D eigenvalue weighted by atomic mass is 9.71. The molecule has 186 valence electrons. The van der Waals surface area contributed by atoms with Crippen LogP contribution in [0.4, 0.5) is 17.6 Å². The number of benzene rings is 1. The molecular weight excluding hydrogens is 482 g/mol. The summed E-state index contributed by atoms with van der Waals surface area (Å²) in [6.45, 7) is -0.986. The molecule has 3 fully saturated rings. The summed E-state index contributed by atoms with van der Waals surface area (Å²) >= 11 is 5.62. The fourth-order valence-corrected chi connectivity index (χ4v) is 5.13. The average Bonchev–Trinajstić information content (AvgIpc) is 3.27. The zero-order valence-corrected chi connectivity index (χ0v) is 18.8. The summed E-state index contributed by atoms with van der Waals surface area (Å²) in [5.74, 6) is -2.82. The number of carbonyl (C=O) groups excluding carboxylic acids is 2. The van der Waals surface area contributed by atoms with Gasteiger partial charge in [-0.1, -0.05) is 11.6 Å². The number of hydrogen-bond acceptors (Lipinski definition) is 5. The number of carbonyl (C=O) groups is 2. The third kappa shape index (κ3) is 5.63. The molecule has 4 aliphatic rings. The number of amides is 2. The minimum Gasteiger partial charge on any atom is -0.484 e. The zero-order valence-electron chi connectivity index (χ0n) is 18.1. The molecule has 7 nitrogen and oxygen atoms in total. The molecule has 2 unspecified atom stereocenters. The third-order valence-corrected chi connectivity index (χ3v) is 6.82. The second-order valence-electron chi connectivity index (χ2n) is 9.21. The molecule has 34 heavy (non-hydrogen) atoms. The summed E-state index contributed by atoms with van der Waals surface area (Å²) in [5, 5.41) is 5.79. The highest BCUT2D eigenvalue weighted by Crippen LogP contribution is 2.55. The van der Waals surface area contributed by atoms with E-state index in [0.717, 1.165) is 6.07 Å². The van der Waals surface area contributed by atoms with Crippen LogP contribution in [0.5, 0.6) is 5.75 Å². The number of halogens is 5. The first-order valence-electron chi connectivity index (χ1n) is 10.9. The number of alkyl halides is 3. The van der Waals surface area contributed by atoms with Crippen molar-refractivity contribution in [2.24, 2.45) is 10.9 Å². The molecule has 1 heterocycles. The maximum Gasteiger partial charge on any atom is 0.393 e. The van der Waals surface area contributed by atoms with Crippen LogP contribution in [-0.4, -0.2) is 61.1 Å². The molecule has 2 amide bonds. The molecule has 0 aromatic heterocycles. The van der Waals surface area contributed by atoms with Crippen molar-refractivity contribution in [3.63, 3.8) is 0 Å². The minimum absolute atomic E-state index is 0.0442. The van der Waals surface area contributed by atoms with Crippen LogP contribution < -0.4 is 15.4 Å². The van der Waals surface area contributed by atoms with Gasteiger partial charge in [-0.05, 0) is 44.2 Å². The van der Waals surface area contributed by atoms with Crippen LogP contribution in [0.1, 0.15) is 32.1 Å². The van der Waals surface area contributed by atoms with Crippen molar-refractivity contribution < 1.29 is 36.6 Å². The molecule has 0 saturated heterocycles. The van der Waals surface area contributed by atoms with Crippen molar-refractivity contribution in [2.75, 3.05) is 19.8 Å². The normalized spacial score (nSPS) is 29.9. The van der Waals surface area contributed by atoms with E-state index in [9.17, 15) is 27.2 Å². The molecule has 1 aromatic carbocycles. The second kappa shape index (κ2) is 9.33. The van der Waals surface area contributed by atoms with Crippen LogP contribution in [0, 0.1) is 11.7 Å². The minimum atomic E-state index is -4.35. The topological polar surface area (TPSA) is 89.0 Å². The van der Waals surface area contributed by atoms with E-state index < -0.39 is 41.0 Å². The Hall–Kier alpha value is -2.40. The van der Waals surface area contributed by atoms with Crippen molar-refractivity contribution in [3.8, 4) is 5.75 Å². The Balaban J connectivity index is 1.19. The Kier molecular flexibility index (Phi) is 6.78. The molecular formula is C22H24ClF4N3O4. The second-order valence-corrected chi connectivity index (χ2v) is 9.62. The summed E-state index contributed by atoms with van der Waals surface area (Å²) in [6, 6.07) is 3.89. The number of nitrogens with zero attached hydrogens (tertiary/aromatic N) is 1. The molecule has 2 bridgehead atoms. The molecule has 12 heteroatoms. The zero-order chi connectivity index (χ0) is 24.6. The van der Waals surface area contributed by atoms with Crippen LogP contribution in [-0.2, 0) is 14.3 Å². The van der Waals surface area contributed by atoms with E-state index in [1.54, 1.807) is 0 Å². The lowest BCUT2D eigenvalue weighted by Gasteiger charge is -2.48. The van der Waals surface area contributed by atoms with E-state index >= 15 is 0 Å². The molecule has 5 rings (SSSR count). The van der Waals surface area contributed by atoms with Gasteiger partial charge in [0.15, 0.2) is 6.61 Å². The fraction of sp³-hybridized carbons (Fsp3) is 0.591. The number of hydrogen-bond donors (Lipinski definition) is 2. The van der Waals surface area contributed by atoms with E-state index in [-0.39, 0.29) is 42.9 Å². The number of fused-ring (bicyclic) bond motifs is 1. The highest BCUT2D eigenvalue weighted by molar-refractivity contribution is 6.30. The van der Waals surface area contributed by atoms with E-state index in [4.69, 9.17) is 21.1 Å². The number of nitrogens with one attached hydrogen (secondary N) is 2. The Bertz CT molecular complexity index is 981. The van der Waals surface area contributed by atoms with Crippen LogP contribution in [0.15, 0.2) is 23.2 Å².